The third-order valence-corrected chi connectivity index (χ3v) is 5.90. The van der Waals surface area contributed by atoms with E-state index in [0.29, 0.717) is 0 Å². The molecule has 0 aliphatic carbocycles. The second kappa shape index (κ2) is 11.3. The molecule has 0 saturated carbocycles. The van der Waals surface area contributed by atoms with Gasteiger partial charge >= 0.3 is 11.9 Å². The highest BCUT2D eigenvalue weighted by atomic mass is 16.6. The Morgan fingerprint density at radius 3 is 2.11 bits per heavy atom. The van der Waals surface area contributed by atoms with Gasteiger partial charge in [0.25, 0.3) is 11.6 Å². The van der Waals surface area contributed by atoms with E-state index in [0.717, 1.165) is 11.1 Å². The maximum absolute atomic E-state index is 13.1. The SMILES string of the molecule is O=C(CCC(C(=O)OCc1ccccc1)N1Cc2c(cccc2[N+](=O)[O-])C1=O)OCc1ccccc1. The lowest BCUT2D eigenvalue weighted by molar-refractivity contribution is -0.385. The second-order valence-electron chi connectivity index (χ2n) is 8.29. The largest absolute Gasteiger partial charge is 0.461 e. The minimum atomic E-state index is -1.11. The molecule has 0 N–H and O–H groups in total. The van der Waals surface area contributed by atoms with E-state index in [1.165, 1.54) is 23.1 Å². The molecule has 184 valence electrons. The number of hydrogen-bond donors (Lipinski definition) is 0. The number of nitro groups is 1. The molecule has 0 bridgehead atoms. The van der Waals surface area contributed by atoms with Crippen molar-refractivity contribution >= 4 is 23.5 Å². The second-order valence-corrected chi connectivity index (χ2v) is 8.29. The zero-order valence-corrected chi connectivity index (χ0v) is 19.4. The molecular weight excluding hydrogens is 464 g/mol. The number of esters is 2. The third-order valence-electron chi connectivity index (χ3n) is 5.90. The lowest BCUT2D eigenvalue weighted by atomic mass is 10.1. The Kier molecular flexibility index (Phi) is 7.69. The van der Waals surface area contributed by atoms with Crippen LogP contribution in [0.3, 0.4) is 0 Å². The summed E-state index contributed by atoms with van der Waals surface area (Å²) in [4.78, 5) is 50.8. The molecule has 3 aromatic carbocycles. The fourth-order valence-corrected chi connectivity index (χ4v) is 4.05. The molecule has 1 heterocycles. The van der Waals surface area contributed by atoms with Crippen LogP contribution in [0.2, 0.25) is 0 Å². The predicted octanol–water partition coefficient (Wildman–Crippen LogP) is 4.19. The van der Waals surface area contributed by atoms with Crippen LogP contribution in [0, 0.1) is 10.1 Å². The molecular formula is C27H24N2O7. The fraction of sp³-hybridized carbons (Fsp3) is 0.222. The van der Waals surface area contributed by atoms with Crippen molar-refractivity contribution in [2.24, 2.45) is 0 Å². The van der Waals surface area contributed by atoms with Crippen LogP contribution in [-0.2, 0) is 38.8 Å². The standard InChI is InChI=1S/C27H24N2O7/c30-25(35-17-19-8-3-1-4-9-19)15-14-24(27(32)36-18-20-10-5-2-6-11-20)28-16-22-21(26(28)31)12-7-13-23(22)29(33)34/h1-13,24H,14-18H2. The predicted molar refractivity (Wildman–Crippen MR) is 128 cm³/mol. The van der Waals surface area contributed by atoms with Crippen LogP contribution in [-0.4, -0.2) is 33.7 Å². The van der Waals surface area contributed by atoms with Crippen LogP contribution >= 0.6 is 0 Å². The van der Waals surface area contributed by atoms with Gasteiger partial charge in [-0.2, -0.15) is 0 Å². The first-order valence-electron chi connectivity index (χ1n) is 11.4. The Hall–Kier alpha value is -4.53. The summed E-state index contributed by atoms with van der Waals surface area (Å²) in [5.41, 5.74) is 1.79. The van der Waals surface area contributed by atoms with Gasteiger partial charge in [0.1, 0.15) is 19.3 Å². The number of carbonyl (C=O) groups is 3. The van der Waals surface area contributed by atoms with Crippen LogP contribution in [0.1, 0.15) is 39.9 Å². The topological polar surface area (TPSA) is 116 Å². The van der Waals surface area contributed by atoms with Crippen molar-refractivity contribution in [3.63, 3.8) is 0 Å². The molecule has 36 heavy (non-hydrogen) atoms. The van der Waals surface area contributed by atoms with Gasteiger partial charge < -0.3 is 14.4 Å². The third kappa shape index (κ3) is 5.75. The van der Waals surface area contributed by atoms with Gasteiger partial charge in [-0.1, -0.05) is 66.7 Å². The highest BCUT2D eigenvalue weighted by Crippen LogP contribution is 2.33. The molecule has 1 aliphatic rings. The Labute approximate surface area is 207 Å². The number of benzene rings is 3. The summed E-state index contributed by atoms with van der Waals surface area (Å²) in [6.07, 6.45) is -0.186. The van der Waals surface area contributed by atoms with Crippen molar-refractivity contribution in [2.45, 2.75) is 38.6 Å². The number of amides is 1. The monoisotopic (exact) mass is 488 g/mol. The van der Waals surface area contributed by atoms with E-state index >= 15 is 0 Å². The highest BCUT2D eigenvalue weighted by Gasteiger charge is 2.40. The van der Waals surface area contributed by atoms with Gasteiger partial charge in [-0.05, 0) is 23.6 Å². The fourth-order valence-electron chi connectivity index (χ4n) is 4.05. The Morgan fingerprint density at radius 1 is 0.889 bits per heavy atom. The summed E-state index contributed by atoms with van der Waals surface area (Å²) >= 11 is 0. The molecule has 1 atom stereocenters. The molecule has 0 spiro atoms. The molecule has 0 saturated heterocycles. The molecule has 1 aliphatic heterocycles. The van der Waals surface area contributed by atoms with E-state index < -0.39 is 28.8 Å². The quantitative estimate of drug-likeness (QED) is 0.239. The van der Waals surface area contributed by atoms with E-state index in [4.69, 9.17) is 9.47 Å². The van der Waals surface area contributed by atoms with Crippen molar-refractivity contribution in [3.8, 4) is 0 Å². The molecule has 0 fully saturated rings. The molecule has 9 heteroatoms. The number of ether oxygens (including phenoxy) is 2. The van der Waals surface area contributed by atoms with Crippen molar-refractivity contribution in [3.05, 3.63) is 111 Å². The zero-order valence-electron chi connectivity index (χ0n) is 19.4. The van der Waals surface area contributed by atoms with Gasteiger partial charge in [0.2, 0.25) is 0 Å². The molecule has 3 aromatic rings. The molecule has 0 radical (unpaired) electrons. The summed E-state index contributed by atoms with van der Waals surface area (Å²) in [5.74, 6) is -1.75. The Balaban J connectivity index is 1.48. The number of nitro benzene ring substituents is 1. The van der Waals surface area contributed by atoms with Crippen molar-refractivity contribution in [1.82, 2.24) is 4.90 Å². The summed E-state index contributed by atoms with van der Waals surface area (Å²) in [7, 11) is 0. The van der Waals surface area contributed by atoms with Crippen LogP contribution in [0.4, 0.5) is 5.69 Å². The summed E-state index contributed by atoms with van der Waals surface area (Å²) in [6.45, 7) is -0.0533. The maximum atomic E-state index is 13.1. The van der Waals surface area contributed by atoms with Crippen LogP contribution < -0.4 is 0 Å². The van der Waals surface area contributed by atoms with Gasteiger partial charge in [0.05, 0.1) is 22.6 Å². The molecule has 0 aromatic heterocycles. The van der Waals surface area contributed by atoms with E-state index in [1.54, 1.807) is 12.1 Å². The van der Waals surface area contributed by atoms with Gasteiger partial charge in [-0.3, -0.25) is 19.7 Å². The number of nitrogens with zero attached hydrogens (tertiary/aromatic N) is 2. The Morgan fingerprint density at radius 2 is 1.50 bits per heavy atom. The van der Waals surface area contributed by atoms with Crippen molar-refractivity contribution in [1.29, 1.82) is 0 Å². The first-order valence-corrected chi connectivity index (χ1v) is 11.4. The first-order chi connectivity index (χ1) is 17.4. The summed E-state index contributed by atoms with van der Waals surface area (Å²) in [5, 5.41) is 11.5. The highest BCUT2D eigenvalue weighted by molar-refractivity contribution is 6.01. The average molecular weight is 488 g/mol. The smallest absolute Gasteiger partial charge is 0.329 e. The Bertz CT molecular complexity index is 1260. The molecule has 4 rings (SSSR count). The lowest BCUT2D eigenvalue weighted by Crippen LogP contribution is -2.42. The van der Waals surface area contributed by atoms with Gasteiger partial charge in [-0.15, -0.1) is 0 Å². The van der Waals surface area contributed by atoms with Gasteiger partial charge in [0.15, 0.2) is 0 Å². The van der Waals surface area contributed by atoms with Crippen LogP contribution in [0.5, 0.6) is 0 Å². The van der Waals surface area contributed by atoms with Gasteiger partial charge in [-0.25, -0.2) is 4.79 Å². The minimum absolute atomic E-state index is 0.0102. The van der Waals surface area contributed by atoms with E-state index in [2.05, 4.69) is 0 Å². The normalized spacial score (nSPS) is 13.1. The minimum Gasteiger partial charge on any atom is -0.461 e. The summed E-state index contributed by atoms with van der Waals surface area (Å²) in [6, 6.07) is 21.3. The first kappa shape index (κ1) is 24.6. The number of rotatable bonds is 10. The van der Waals surface area contributed by atoms with Crippen molar-refractivity contribution < 1.29 is 28.8 Å². The maximum Gasteiger partial charge on any atom is 0.329 e. The lowest BCUT2D eigenvalue weighted by Gasteiger charge is -2.26. The molecule has 1 amide bonds. The number of hydrogen-bond acceptors (Lipinski definition) is 7. The van der Waals surface area contributed by atoms with E-state index in [-0.39, 0.29) is 49.4 Å². The number of fused-ring (bicyclic) bond motifs is 1. The van der Waals surface area contributed by atoms with E-state index in [1.807, 2.05) is 48.5 Å². The van der Waals surface area contributed by atoms with E-state index in [9.17, 15) is 24.5 Å². The van der Waals surface area contributed by atoms with Crippen LogP contribution in [0.15, 0.2) is 78.9 Å². The number of carbonyl (C=O) groups excluding carboxylic acids is 3. The van der Waals surface area contributed by atoms with Gasteiger partial charge in [0, 0.05) is 12.5 Å². The summed E-state index contributed by atoms with van der Waals surface area (Å²) < 4.78 is 10.8. The molecule has 1 unspecified atom stereocenters. The van der Waals surface area contributed by atoms with Crippen molar-refractivity contribution in [2.75, 3.05) is 0 Å². The molecule has 9 nitrogen and oxygen atoms in total. The van der Waals surface area contributed by atoms with Crippen LogP contribution in [0.25, 0.3) is 0 Å². The average Bonchev–Trinajstić information content (AvgIpc) is 3.23. The zero-order chi connectivity index (χ0) is 25.5.